The van der Waals surface area contributed by atoms with Crippen LogP contribution in [0.4, 0.5) is 26.3 Å². The first kappa shape index (κ1) is 35.8. The third-order valence-corrected chi connectivity index (χ3v) is 9.97. The lowest BCUT2D eigenvalue weighted by Gasteiger charge is -2.40. The summed E-state index contributed by atoms with van der Waals surface area (Å²) in [5, 5.41) is 0. The van der Waals surface area contributed by atoms with Crippen LogP contribution in [0.2, 0.25) is 0 Å². The summed E-state index contributed by atoms with van der Waals surface area (Å²) in [6, 6.07) is 13.3. The lowest BCUT2D eigenvalue weighted by molar-refractivity contribution is -0.289. The molecule has 0 N–H and O–H groups in total. The van der Waals surface area contributed by atoms with Gasteiger partial charge in [0.05, 0.1) is 0 Å². The van der Waals surface area contributed by atoms with E-state index in [2.05, 4.69) is 0 Å². The molecule has 47 heavy (non-hydrogen) atoms. The molecule has 4 rings (SSSR count). The number of hydrogen-bond acceptors (Lipinski definition) is 6. The van der Waals surface area contributed by atoms with E-state index in [4.69, 9.17) is 8.37 Å². The van der Waals surface area contributed by atoms with Gasteiger partial charge in [-0.25, -0.2) is 0 Å². The minimum absolute atomic E-state index is 0.0884. The monoisotopic (exact) mass is 700 g/mol. The summed E-state index contributed by atoms with van der Waals surface area (Å²) in [7, 11) is -9.96. The standard InChI is InChI=1S/C33H30F6O6S2/c1-19-7-11-25(12-8-19)46(40,41)44-29-23(5)15-21(3)17-27(29)31(32(34,35)36,33(37,38)39)28-18-22(4)16-24(6)30(28)45-47(42,43)26-13-9-20(2)10-14-26/h7-18H,1-6H3. The molecular weight excluding hydrogens is 670 g/mol. The molecule has 0 amide bonds. The Morgan fingerprint density at radius 3 is 1.04 bits per heavy atom. The fourth-order valence-electron chi connectivity index (χ4n) is 5.33. The van der Waals surface area contributed by atoms with Crippen molar-refractivity contribution in [3.8, 4) is 11.5 Å². The number of benzene rings is 4. The zero-order chi connectivity index (χ0) is 35.3. The highest BCUT2D eigenvalue weighted by atomic mass is 32.2. The molecule has 0 saturated carbocycles. The van der Waals surface area contributed by atoms with E-state index in [0.29, 0.717) is 23.3 Å². The summed E-state index contributed by atoms with van der Waals surface area (Å²) in [4.78, 5) is -1.03. The third-order valence-electron chi connectivity index (χ3n) is 7.50. The topological polar surface area (TPSA) is 86.7 Å². The first-order chi connectivity index (χ1) is 21.5. The number of rotatable bonds is 8. The molecule has 0 aliphatic rings. The van der Waals surface area contributed by atoms with Gasteiger partial charge in [0.15, 0.2) is 11.5 Å². The van der Waals surface area contributed by atoms with Crippen LogP contribution in [0.3, 0.4) is 0 Å². The van der Waals surface area contributed by atoms with Crippen LogP contribution in [0.15, 0.2) is 82.6 Å². The maximum absolute atomic E-state index is 15.6. The van der Waals surface area contributed by atoms with Crippen molar-refractivity contribution >= 4 is 20.2 Å². The average molecular weight is 701 g/mol. The van der Waals surface area contributed by atoms with Crippen molar-refractivity contribution in [2.24, 2.45) is 0 Å². The molecule has 0 fully saturated rings. The first-order valence-corrected chi connectivity index (χ1v) is 16.7. The number of alkyl halides is 6. The van der Waals surface area contributed by atoms with Crippen molar-refractivity contribution in [2.75, 3.05) is 0 Å². The smallest absolute Gasteiger partial charge is 0.378 e. The van der Waals surface area contributed by atoms with Crippen LogP contribution in [-0.4, -0.2) is 29.2 Å². The number of halogens is 6. The lowest BCUT2D eigenvalue weighted by Crippen LogP contribution is -2.55. The van der Waals surface area contributed by atoms with Crippen LogP contribution in [-0.2, 0) is 25.7 Å². The summed E-state index contributed by atoms with van der Waals surface area (Å²) < 4.78 is 157. The van der Waals surface area contributed by atoms with Crippen LogP contribution in [0.5, 0.6) is 11.5 Å². The number of aryl methyl sites for hydroxylation is 6. The summed E-state index contributed by atoms with van der Waals surface area (Å²) in [6.07, 6.45) is -12.5. The molecule has 0 spiro atoms. The quantitative estimate of drug-likeness (QED) is 0.135. The molecule has 14 heteroatoms. The highest BCUT2D eigenvalue weighted by Gasteiger charge is 2.75. The Morgan fingerprint density at radius 1 is 0.468 bits per heavy atom. The van der Waals surface area contributed by atoms with Crippen LogP contribution in [0, 0.1) is 41.5 Å². The van der Waals surface area contributed by atoms with Gasteiger partial charge in [-0.15, -0.1) is 0 Å². The minimum atomic E-state index is -6.26. The molecule has 4 aromatic rings. The molecular formula is C33H30F6O6S2. The van der Waals surface area contributed by atoms with Gasteiger partial charge in [-0.1, -0.05) is 70.8 Å². The normalized spacial score (nSPS) is 13.0. The highest BCUT2D eigenvalue weighted by molar-refractivity contribution is 7.87. The molecule has 0 bridgehead atoms. The minimum Gasteiger partial charge on any atom is -0.378 e. The summed E-state index contributed by atoms with van der Waals surface area (Å²) >= 11 is 0. The van der Waals surface area contributed by atoms with Gasteiger partial charge in [-0.2, -0.15) is 43.2 Å². The van der Waals surface area contributed by atoms with E-state index in [0.717, 1.165) is 38.1 Å². The van der Waals surface area contributed by atoms with Gasteiger partial charge < -0.3 is 8.37 Å². The zero-order valence-corrected chi connectivity index (χ0v) is 27.6. The molecule has 0 saturated heterocycles. The lowest BCUT2D eigenvalue weighted by atomic mass is 9.70. The molecule has 0 atom stereocenters. The Hall–Kier alpha value is -4.04. The Bertz CT molecular complexity index is 1880. The maximum Gasteiger partial charge on any atom is 0.411 e. The van der Waals surface area contributed by atoms with Crippen LogP contribution < -0.4 is 8.37 Å². The van der Waals surface area contributed by atoms with Gasteiger partial charge in [0.2, 0.25) is 5.41 Å². The fraction of sp³-hybridized carbons (Fsp3) is 0.273. The van der Waals surface area contributed by atoms with E-state index >= 15 is 26.3 Å². The van der Waals surface area contributed by atoms with E-state index in [1.54, 1.807) is 13.8 Å². The Labute approximate surface area is 269 Å². The molecule has 252 valence electrons. The molecule has 0 aromatic heterocycles. The predicted molar refractivity (Wildman–Crippen MR) is 163 cm³/mol. The maximum atomic E-state index is 15.6. The van der Waals surface area contributed by atoms with Crippen molar-refractivity contribution in [3.63, 3.8) is 0 Å². The average Bonchev–Trinajstić information content (AvgIpc) is 2.91. The summed E-state index contributed by atoms with van der Waals surface area (Å²) in [5.74, 6) is -2.45. The van der Waals surface area contributed by atoms with Crippen LogP contribution in [0.25, 0.3) is 0 Å². The Kier molecular flexibility index (Phi) is 9.30. The van der Waals surface area contributed by atoms with Gasteiger partial charge in [-0.05, 0) is 76.9 Å². The SMILES string of the molecule is Cc1ccc(S(=O)(=O)Oc2c(C)cc(C)cc2C(c2cc(C)cc(C)c2OS(=O)(=O)c2ccc(C)cc2)(C(F)(F)F)C(F)(F)F)cc1. The molecule has 0 aliphatic carbocycles. The molecule has 6 nitrogen and oxygen atoms in total. The van der Waals surface area contributed by atoms with Crippen molar-refractivity contribution < 1.29 is 51.5 Å². The van der Waals surface area contributed by atoms with E-state index in [1.165, 1.54) is 50.2 Å². The van der Waals surface area contributed by atoms with Crippen molar-refractivity contribution in [1.29, 1.82) is 0 Å². The molecule has 0 unspecified atom stereocenters. The van der Waals surface area contributed by atoms with Crippen molar-refractivity contribution in [3.05, 3.63) is 117 Å². The van der Waals surface area contributed by atoms with Gasteiger partial charge in [0, 0.05) is 11.1 Å². The molecule has 0 aliphatic heterocycles. The zero-order valence-electron chi connectivity index (χ0n) is 26.0. The van der Waals surface area contributed by atoms with E-state index in [9.17, 15) is 16.8 Å². The largest absolute Gasteiger partial charge is 0.411 e. The van der Waals surface area contributed by atoms with Gasteiger partial charge >= 0.3 is 32.6 Å². The van der Waals surface area contributed by atoms with E-state index in [1.807, 2.05) is 0 Å². The molecule has 0 heterocycles. The second kappa shape index (κ2) is 12.2. The van der Waals surface area contributed by atoms with Gasteiger partial charge in [0.25, 0.3) is 0 Å². The second-order valence-corrected chi connectivity index (χ2v) is 14.5. The van der Waals surface area contributed by atoms with Crippen LogP contribution in [0.1, 0.15) is 44.5 Å². The van der Waals surface area contributed by atoms with Crippen molar-refractivity contribution in [1.82, 2.24) is 0 Å². The fourth-order valence-corrected chi connectivity index (χ4v) is 7.34. The second-order valence-electron chi connectivity index (χ2n) is 11.4. The Morgan fingerprint density at radius 2 is 0.766 bits per heavy atom. The third kappa shape index (κ3) is 6.71. The Balaban J connectivity index is 2.14. The molecule has 4 aromatic carbocycles. The number of hydrogen-bond donors (Lipinski definition) is 0. The highest BCUT2D eigenvalue weighted by Crippen LogP contribution is 2.61. The van der Waals surface area contributed by atoms with E-state index in [-0.39, 0.29) is 22.3 Å². The summed E-state index contributed by atoms with van der Waals surface area (Å²) in [6.45, 7) is 7.95. The summed E-state index contributed by atoms with van der Waals surface area (Å²) in [5.41, 5.74) is -7.91. The van der Waals surface area contributed by atoms with Crippen LogP contribution >= 0.6 is 0 Å². The van der Waals surface area contributed by atoms with Crippen molar-refractivity contribution in [2.45, 2.75) is 69.1 Å². The molecule has 0 radical (unpaired) electrons. The van der Waals surface area contributed by atoms with Gasteiger partial charge in [-0.3, -0.25) is 0 Å². The van der Waals surface area contributed by atoms with E-state index < -0.39 is 70.4 Å². The first-order valence-electron chi connectivity index (χ1n) is 13.9. The predicted octanol–water partition coefficient (Wildman–Crippen LogP) is 8.48. The van der Waals surface area contributed by atoms with Gasteiger partial charge in [0.1, 0.15) is 9.79 Å².